The van der Waals surface area contributed by atoms with Crippen LogP contribution in [0.1, 0.15) is 48.0 Å². The molecule has 1 spiro atoms. The van der Waals surface area contributed by atoms with Crippen LogP contribution in [0.25, 0.3) is 0 Å². The Morgan fingerprint density at radius 2 is 1.93 bits per heavy atom. The summed E-state index contributed by atoms with van der Waals surface area (Å²) in [5.74, 6) is 1.67. The maximum absolute atomic E-state index is 12.7. The van der Waals surface area contributed by atoms with Gasteiger partial charge in [-0.05, 0) is 43.2 Å². The number of carbonyl (C=O) groups excluding carboxylic acids is 2. The minimum absolute atomic E-state index is 0.0692. The number of fused-ring (bicyclic) bond motifs is 1. The van der Waals surface area contributed by atoms with Crippen LogP contribution in [0.2, 0.25) is 5.02 Å². The van der Waals surface area contributed by atoms with Crippen molar-refractivity contribution in [2.45, 2.75) is 44.6 Å². The van der Waals surface area contributed by atoms with Gasteiger partial charge in [0.25, 0.3) is 0 Å². The lowest BCUT2D eigenvalue weighted by molar-refractivity contribution is -0.135. The van der Waals surface area contributed by atoms with E-state index in [9.17, 15) is 9.59 Å². The van der Waals surface area contributed by atoms with Crippen LogP contribution in [0.15, 0.2) is 42.5 Å². The summed E-state index contributed by atoms with van der Waals surface area (Å²) in [6.45, 7) is 3.64. The summed E-state index contributed by atoms with van der Waals surface area (Å²) in [7, 11) is 0. The number of halogens is 1. The number of hydrogen-bond donors (Lipinski definition) is 0. The summed E-state index contributed by atoms with van der Waals surface area (Å²) in [5, 5.41) is 0.552. The number of Topliss-reactive ketones (excluding diaryl/α,β-unsaturated/α-hetero) is 1. The summed E-state index contributed by atoms with van der Waals surface area (Å²) < 4.78 is 12.0. The monoisotopic (exact) mass is 427 g/mol. The molecule has 30 heavy (non-hydrogen) atoms. The van der Waals surface area contributed by atoms with E-state index in [0.29, 0.717) is 68.1 Å². The Labute approximate surface area is 181 Å². The van der Waals surface area contributed by atoms with Crippen LogP contribution in [0, 0.1) is 6.92 Å². The molecular formula is C24H26ClNO4. The first-order valence-electron chi connectivity index (χ1n) is 10.4. The number of amides is 1. The standard InChI is InChI=1S/C24H26ClNO4/c1-17-14-18(25)15-20-21(27)16-24(30-23(17)20)9-11-26(12-10-24)22(28)8-5-13-29-19-6-3-2-4-7-19/h2-4,6-7,14-15H,5,8-13,16H2,1H3. The highest BCUT2D eigenvalue weighted by atomic mass is 35.5. The third kappa shape index (κ3) is 4.46. The molecular weight excluding hydrogens is 402 g/mol. The molecule has 6 heteroatoms. The van der Waals surface area contributed by atoms with Crippen LogP contribution < -0.4 is 9.47 Å². The van der Waals surface area contributed by atoms with E-state index in [1.165, 1.54) is 0 Å². The lowest BCUT2D eigenvalue weighted by atomic mass is 9.82. The van der Waals surface area contributed by atoms with E-state index in [0.717, 1.165) is 11.3 Å². The molecule has 2 aromatic rings. The van der Waals surface area contributed by atoms with Crippen LogP contribution in [0.3, 0.4) is 0 Å². The number of likely N-dealkylation sites (tertiary alicyclic amines) is 1. The van der Waals surface area contributed by atoms with E-state index >= 15 is 0 Å². The normalized spacial score (nSPS) is 17.4. The molecule has 5 nitrogen and oxygen atoms in total. The second-order valence-corrected chi connectivity index (χ2v) is 8.57. The predicted molar refractivity (Wildman–Crippen MR) is 115 cm³/mol. The van der Waals surface area contributed by atoms with Crippen molar-refractivity contribution >= 4 is 23.3 Å². The van der Waals surface area contributed by atoms with Gasteiger partial charge in [0.1, 0.15) is 17.1 Å². The van der Waals surface area contributed by atoms with Gasteiger partial charge < -0.3 is 14.4 Å². The smallest absolute Gasteiger partial charge is 0.222 e. The molecule has 0 radical (unpaired) electrons. The van der Waals surface area contributed by atoms with Crippen LogP contribution >= 0.6 is 11.6 Å². The van der Waals surface area contributed by atoms with Crippen molar-refractivity contribution in [2.24, 2.45) is 0 Å². The first-order chi connectivity index (χ1) is 14.5. The van der Waals surface area contributed by atoms with Crippen molar-refractivity contribution in [1.29, 1.82) is 0 Å². The van der Waals surface area contributed by atoms with Gasteiger partial charge in [-0.15, -0.1) is 0 Å². The fourth-order valence-corrected chi connectivity index (χ4v) is 4.52. The van der Waals surface area contributed by atoms with E-state index in [2.05, 4.69) is 0 Å². The zero-order chi connectivity index (χ0) is 21.1. The highest BCUT2D eigenvalue weighted by molar-refractivity contribution is 6.31. The Balaban J connectivity index is 1.29. The summed E-state index contributed by atoms with van der Waals surface area (Å²) in [4.78, 5) is 27.2. The fraction of sp³-hybridized carbons (Fsp3) is 0.417. The quantitative estimate of drug-likeness (QED) is 0.641. The van der Waals surface area contributed by atoms with Gasteiger partial charge >= 0.3 is 0 Å². The van der Waals surface area contributed by atoms with Gasteiger partial charge in [-0.25, -0.2) is 0 Å². The molecule has 2 aliphatic heterocycles. The number of piperidine rings is 1. The van der Waals surface area contributed by atoms with Crippen molar-refractivity contribution < 1.29 is 19.1 Å². The Morgan fingerprint density at radius 3 is 2.67 bits per heavy atom. The number of ketones is 1. The Kier molecular flexibility index (Phi) is 6.00. The zero-order valence-electron chi connectivity index (χ0n) is 17.2. The maximum Gasteiger partial charge on any atom is 0.222 e. The fourth-order valence-electron chi connectivity index (χ4n) is 4.24. The average molecular weight is 428 g/mol. The highest BCUT2D eigenvalue weighted by Gasteiger charge is 2.44. The lowest BCUT2D eigenvalue weighted by Gasteiger charge is -2.44. The van der Waals surface area contributed by atoms with Crippen molar-refractivity contribution in [3.8, 4) is 11.5 Å². The van der Waals surface area contributed by atoms with E-state index < -0.39 is 5.60 Å². The topological polar surface area (TPSA) is 55.8 Å². The van der Waals surface area contributed by atoms with E-state index in [4.69, 9.17) is 21.1 Å². The molecule has 0 aliphatic carbocycles. The molecule has 0 saturated carbocycles. The summed E-state index contributed by atoms with van der Waals surface area (Å²) in [6.07, 6.45) is 2.80. The third-order valence-electron chi connectivity index (χ3n) is 5.92. The molecule has 158 valence electrons. The number of rotatable bonds is 5. The van der Waals surface area contributed by atoms with E-state index in [-0.39, 0.29) is 11.7 Å². The van der Waals surface area contributed by atoms with Gasteiger partial charge in [-0.3, -0.25) is 9.59 Å². The second-order valence-electron chi connectivity index (χ2n) is 8.13. The molecule has 1 amide bonds. The first kappa shape index (κ1) is 20.7. The molecule has 4 rings (SSSR count). The van der Waals surface area contributed by atoms with E-state index in [1.807, 2.05) is 48.2 Å². The van der Waals surface area contributed by atoms with Crippen molar-refractivity contribution in [3.63, 3.8) is 0 Å². The van der Waals surface area contributed by atoms with Gasteiger partial charge in [0.15, 0.2) is 5.78 Å². The molecule has 0 atom stereocenters. The number of benzene rings is 2. The lowest BCUT2D eigenvalue weighted by Crippen LogP contribution is -2.52. The minimum Gasteiger partial charge on any atom is -0.494 e. The summed E-state index contributed by atoms with van der Waals surface area (Å²) in [6, 6.07) is 13.1. The molecule has 0 N–H and O–H groups in total. The summed E-state index contributed by atoms with van der Waals surface area (Å²) in [5.41, 5.74) is 0.931. The number of hydrogen-bond acceptors (Lipinski definition) is 4. The van der Waals surface area contributed by atoms with Gasteiger partial charge in [0.05, 0.1) is 18.6 Å². The molecule has 0 aromatic heterocycles. The first-order valence-corrected chi connectivity index (χ1v) is 10.8. The van der Waals surface area contributed by atoms with Crippen molar-refractivity contribution in [3.05, 3.63) is 58.6 Å². The molecule has 0 unspecified atom stereocenters. The average Bonchev–Trinajstić information content (AvgIpc) is 2.73. The minimum atomic E-state index is -0.518. The molecule has 2 aliphatic rings. The molecule has 0 bridgehead atoms. The molecule has 1 saturated heterocycles. The van der Waals surface area contributed by atoms with Crippen molar-refractivity contribution in [2.75, 3.05) is 19.7 Å². The molecule has 1 fully saturated rings. The maximum atomic E-state index is 12.7. The third-order valence-corrected chi connectivity index (χ3v) is 6.13. The Morgan fingerprint density at radius 1 is 1.20 bits per heavy atom. The van der Waals surface area contributed by atoms with Gasteiger partial charge in [-0.2, -0.15) is 0 Å². The largest absolute Gasteiger partial charge is 0.494 e. The number of aryl methyl sites for hydroxylation is 1. The molecule has 2 aromatic carbocycles. The van der Waals surface area contributed by atoms with Crippen LogP contribution in [-0.2, 0) is 4.79 Å². The van der Waals surface area contributed by atoms with Crippen molar-refractivity contribution in [1.82, 2.24) is 4.90 Å². The molecule has 2 heterocycles. The van der Waals surface area contributed by atoms with Gasteiger partial charge in [0, 0.05) is 37.4 Å². The Bertz CT molecular complexity index is 936. The number of ether oxygens (including phenoxy) is 2. The van der Waals surface area contributed by atoms with Crippen LogP contribution in [-0.4, -0.2) is 41.9 Å². The van der Waals surface area contributed by atoms with E-state index in [1.54, 1.807) is 6.07 Å². The SMILES string of the molecule is Cc1cc(Cl)cc2c1OC1(CCN(C(=O)CCCOc3ccccc3)CC1)CC2=O. The second kappa shape index (κ2) is 8.68. The zero-order valence-corrected chi connectivity index (χ0v) is 17.9. The van der Waals surface area contributed by atoms with Gasteiger partial charge in [-0.1, -0.05) is 29.8 Å². The van der Waals surface area contributed by atoms with Crippen LogP contribution in [0.5, 0.6) is 11.5 Å². The highest BCUT2D eigenvalue weighted by Crippen LogP contribution is 2.42. The number of carbonyl (C=O) groups is 2. The van der Waals surface area contributed by atoms with Gasteiger partial charge in [0.2, 0.25) is 5.91 Å². The van der Waals surface area contributed by atoms with Crippen LogP contribution in [0.4, 0.5) is 0 Å². The number of para-hydroxylation sites is 1. The predicted octanol–water partition coefficient (Wildman–Crippen LogP) is 4.83. The number of nitrogens with zero attached hydrogens (tertiary/aromatic N) is 1. The Hall–Kier alpha value is -2.53. The summed E-state index contributed by atoms with van der Waals surface area (Å²) >= 11 is 6.10.